The Bertz CT molecular complexity index is 486. The van der Waals surface area contributed by atoms with Crippen LogP contribution in [-0.2, 0) is 14.3 Å². The van der Waals surface area contributed by atoms with Crippen LogP contribution in [-0.4, -0.2) is 31.6 Å². The molecule has 1 amide bonds. The Balaban J connectivity index is 1.98. The van der Waals surface area contributed by atoms with Crippen molar-refractivity contribution < 1.29 is 19.1 Å². The smallest absolute Gasteiger partial charge is 0.339 e. The Hall–Kier alpha value is -1.88. The van der Waals surface area contributed by atoms with Gasteiger partial charge in [0.15, 0.2) is 0 Å². The van der Waals surface area contributed by atoms with Crippen molar-refractivity contribution in [3.63, 3.8) is 0 Å². The van der Waals surface area contributed by atoms with E-state index in [1.54, 1.807) is 19.2 Å². The van der Waals surface area contributed by atoms with Crippen LogP contribution in [0, 0.1) is 0 Å². The van der Waals surface area contributed by atoms with Crippen LogP contribution in [0.1, 0.15) is 35.4 Å². The number of carbonyl (C=O) groups excluding carboxylic acids is 2. The molecule has 0 aliphatic carbocycles. The summed E-state index contributed by atoms with van der Waals surface area (Å²) in [4.78, 5) is 23.5. The van der Waals surface area contributed by atoms with Gasteiger partial charge in [-0.15, -0.1) is 0 Å². The molecule has 1 aromatic rings. The third-order valence-electron chi connectivity index (χ3n) is 2.97. The highest BCUT2D eigenvalue weighted by atomic mass is 16.5. The van der Waals surface area contributed by atoms with E-state index in [0.717, 1.165) is 5.56 Å². The molecule has 0 saturated heterocycles. The van der Waals surface area contributed by atoms with Crippen LogP contribution in [0.25, 0.3) is 0 Å². The van der Waals surface area contributed by atoms with Gasteiger partial charge in [0.1, 0.15) is 6.10 Å². The number of cyclic esters (lactones) is 1. The second-order valence-corrected chi connectivity index (χ2v) is 4.61. The number of hydrogen-bond acceptors (Lipinski definition) is 4. The lowest BCUT2D eigenvalue weighted by molar-refractivity contribution is -0.123. The Morgan fingerprint density at radius 1 is 1.47 bits per heavy atom. The molecular formula is C14H17NO4. The summed E-state index contributed by atoms with van der Waals surface area (Å²) in [7, 11) is 1.58. The molecule has 0 bridgehead atoms. The van der Waals surface area contributed by atoms with Gasteiger partial charge < -0.3 is 14.8 Å². The van der Waals surface area contributed by atoms with E-state index in [0.29, 0.717) is 12.2 Å². The summed E-state index contributed by atoms with van der Waals surface area (Å²) < 4.78 is 10.2. The lowest BCUT2D eigenvalue weighted by Crippen LogP contribution is -2.36. The fourth-order valence-electron chi connectivity index (χ4n) is 2.17. The van der Waals surface area contributed by atoms with Crippen molar-refractivity contribution >= 4 is 11.9 Å². The molecule has 102 valence electrons. The van der Waals surface area contributed by atoms with Crippen LogP contribution in [0.2, 0.25) is 0 Å². The molecule has 2 rings (SSSR count). The Morgan fingerprint density at radius 3 is 2.95 bits per heavy atom. The van der Waals surface area contributed by atoms with Crippen molar-refractivity contribution in [3.05, 3.63) is 35.4 Å². The number of ether oxygens (including phenoxy) is 2. The summed E-state index contributed by atoms with van der Waals surface area (Å²) >= 11 is 0. The van der Waals surface area contributed by atoms with Gasteiger partial charge >= 0.3 is 5.97 Å². The first-order valence-corrected chi connectivity index (χ1v) is 6.20. The minimum absolute atomic E-state index is 0.0650. The van der Waals surface area contributed by atoms with Crippen LogP contribution in [0.5, 0.6) is 0 Å². The van der Waals surface area contributed by atoms with Gasteiger partial charge in [-0.2, -0.15) is 0 Å². The standard InChI is InChI=1S/C14H17NO4/c1-9(8-18-2)15-13(16)7-12-10-5-3-4-6-11(10)14(17)19-12/h3-6,9,12H,7-8H2,1-2H3,(H,15,16)/t9-,12-/m1/s1. The second kappa shape index (κ2) is 5.84. The van der Waals surface area contributed by atoms with Crippen molar-refractivity contribution in [2.45, 2.75) is 25.5 Å². The summed E-state index contributed by atoms with van der Waals surface area (Å²) in [5.41, 5.74) is 1.33. The Kier molecular flexibility index (Phi) is 4.16. The molecular weight excluding hydrogens is 246 g/mol. The third-order valence-corrected chi connectivity index (χ3v) is 2.97. The number of nitrogens with one attached hydrogen (secondary N) is 1. The second-order valence-electron chi connectivity index (χ2n) is 4.61. The van der Waals surface area contributed by atoms with Gasteiger partial charge in [0, 0.05) is 18.7 Å². The first kappa shape index (κ1) is 13.5. The quantitative estimate of drug-likeness (QED) is 0.816. The fourth-order valence-corrected chi connectivity index (χ4v) is 2.17. The van der Waals surface area contributed by atoms with Crippen LogP contribution in [0.4, 0.5) is 0 Å². The number of esters is 1. The summed E-state index contributed by atoms with van der Waals surface area (Å²) in [6.07, 6.45) is -0.352. The maximum Gasteiger partial charge on any atom is 0.339 e. The van der Waals surface area contributed by atoms with Gasteiger partial charge in [0.25, 0.3) is 0 Å². The zero-order valence-corrected chi connectivity index (χ0v) is 11.0. The van der Waals surface area contributed by atoms with Crippen molar-refractivity contribution in [1.82, 2.24) is 5.32 Å². The Morgan fingerprint density at radius 2 is 2.21 bits per heavy atom. The van der Waals surface area contributed by atoms with E-state index in [-0.39, 0.29) is 24.3 Å². The predicted molar refractivity (Wildman–Crippen MR) is 68.7 cm³/mol. The predicted octanol–water partition coefficient (Wildman–Crippen LogP) is 1.44. The van der Waals surface area contributed by atoms with E-state index in [1.807, 2.05) is 19.1 Å². The summed E-state index contributed by atoms with van der Waals surface area (Å²) in [5.74, 6) is -0.516. The Labute approximate surface area is 111 Å². The molecule has 5 nitrogen and oxygen atoms in total. The fraction of sp³-hybridized carbons (Fsp3) is 0.429. The van der Waals surface area contributed by atoms with Gasteiger partial charge in [0.05, 0.1) is 18.6 Å². The van der Waals surface area contributed by atoms with Gasteiger partial charge in [0.2, 0.25) is 5.91 Å². The molecule has 2 atom stereocenters. The summed E-state index contributed by atoms with van der Waals surface area (Å²) in [6, 6.07) is 7.08. The van der Waals surface area contributed by atoms with E-state index < -0.39 is 6.10 Å². The lowest BCUT2D eigenvalue weighted by Gasteiger charge is -2.15. The average molecular weight is 263 g/mol. The monoisotopic (exact) mass is 263 g/mol. The molecule has 1 heterocycles. The highest BCUT2D eigenvalue weighted by Gasteiger charge is 2.32. The zero-order valence-electron chi connectivity index (χ0n) is 11.0. The molecule has 1 aliphatic rings. The molecule has 5 heteroatoms. The first-order valence-electron chi connectivity index (χ1n) is 6.20. The van der Waals surface area contributed by atoms with E-state index in [2.05, 4.69) is 5.32 Å². The lowest BCUT2D eigenvalue weighted by atomic mass is 10.0. The van der Waals surface area contributed by atoms with Crippen molar-refractivity contribution in [2.24, 2.45) is 0 Å². The number of amides is 1. The number of hydrogen-bond donors (Lipinski definition) is 1. The number of carbonyl (C=O) groups is 2. The maximum absolute atomic E-state index is 11.8. The van der Waals surface area contributed by atoms with Crippen molar-refractivity contribution in [2.75, 3.05) is 13.7 Å². The SMILES string of the molecule is COC[C@@H](C)NC(=O)C[C@H]1OC(=O)c2ccccc21. The maximum atomic E-state index is 11.8. The molecule has 0 aromatic heterocycles. The minimum atomic E-state index is -0.488. The highest BCUT2D eigenvalue weighted by molar-refractivity contribution is 5.94. The minimum Gasteiger partial charge on any atom is -0.453 e. The van der Waals surface area contributed by atoms with Crippen molar-refractivity contribution in [1.29, 1.82) is 0 Å². The first-order chi connectivity index (χ1) is 9.11. The van der Waals surface area contributed by atoms with E-state index in [4.69, 9.17) is 9.47 Å². The van der Waals surface area contributed by atoms with Gasteiger partial charge in [-0.05, 0) is 13.0 Å². The van der Waals surface area contributed by atoms with Gasteiger partial charge in [-0.1, -0.05) is 18.2 Å². The topological polar surface area (TPSA) is 64.6 Å². The summed E-state index contributed by atoms with van der Waals surface area (Å²) in [5, 5.41) is 2.80. The van der Waals surface area contributed by atoms with Gasteiger partial charge in [-0.3, -0.25) is 4.79 Å². The van der Waals surface area contributed by atoms with Crippen molar-refractivity contribution in [3.8, 4) is 0 Å². The molecule has 1 aromatic carbocycles. The number of rotatable bonds is 5. The zero-order chi connectivity index (χ0) is 13.8. The van der Waals surface area contributed by atoms with Crippen LogP contribution in [0.3, 0.4) is 0 Å². The van der Waals surface area contributed by atoms with Crippen LogP contribution >= 0.6 is 0 Å². The number of benzene rings is 1. The molecule has 19 heavy (non-hydrogen) atoms. The van der Waals surface area contributed by atoms with Crippen LogP contribution in [0.15, 0.2) is 24.3 Å². The number of fused-ring (bicyclic) bond motifs is 1. The largest absolute Gasteiger partial charge is 0.453 e. The van der Waals surface area contributed by atoms with Crippen LogP contribution < -0.4 is 5.32 Å². The molecule has 0 saturated carbocycles. The molecule has 0 unspecified atom stereocenters. The number of methoxy groups -OCH3 is 1. The van der Waals surface area contributed by atoms with E-state index in [9.17, 15) is 9.59 Å². The molecule has 0 radical (unpaired) electrons. The normalized spacial score (nSPS) is 18.6. The van der Waals surface area contributed by atoms with E-state index >= 15 is 0 Å². The molecule has 0 spiro atoms. The molecule has 1 aliphatic heterocycles. The highest BCUT2D eigenvalue weighted by Crippen LogP contribution is 2.32. The molecule has 1 N–H and O–H groups in total. The third kappa shape index (κ3) is 3.12. The molecule has 0 fully saturated rings. The summed E-state index contributed by atoms with van der Waals surface area (Å²) in [6.45, 7) is 2.31. The van der Waals surface area contributed by atoms with Gasteiger partial charge in [-0.25, -0.2) is 4.79 Å². The average Bonchev–Trinajstić information content (AvgIpc) is 2.67. The van der Waals surface area contributed by atoms with E-state index in [1.165, 1.54) is 0 Å².